The summed E-state index contributed by atoms with van der Waals surface area (Å²) < 4.78 is 14.9. The first-order chi connectivity index (χ1) is 6.77. The third kappa shape index (κ3) is 2.15. The average Bonchev–Trinajstić information content (AvgIpc) is 2.71. The Morgan fingerprint density at radius 1 is 1.36 bits per heavy atom. The summed E-state index contributed by atoms with van der Waals surface area (Å²) in [4.78, 5) is 0. The lowest BCUT2D eigenvalue weighted by molar-refractivity contribution is 0.246. The summed E-state index contributed by atoms with van der Waals surface area (Å²) in [5.41, 5.74) is 0.793. The Bertz CT molecular complexity index is 293. The van der Waals surface area contributed by atoms with Gasteiger partial charge in [0.05, 0.1) is 0 Å². The Labute approximate surface area is 91.8 Å². The Morgan fingerprint density at radius 2 is 2.07 bits per heavy atom. The first-order valence-electron chi connectivity index (χ1n) is 4.87. The molecule has 0 spiro atoms. The van der Waals surface area contributed by atoms with Crippen molar-refractivity contribution in [3.05, 3.63) is 34.3 Å². The van der Waals surface area contributed by atoms with Crippen molar-refractivity contribution in [2.45, 2.75) is 12.6 Å². The molecule has 0 aliphatic carbocycles. The highest BCUT2D eigenvalue weighted by Crippen LogP contribution is 2.30. The number of hydrogen-bond donors (Lipinski definition) is 1. The van der Waals surface area contributed by atoms with Gasteiger partial charge in [0.25, 0.3) is 0 Å². The van der Waals surface area contributed by atoms with E-state index >= 15 is 0 Å². The van der Waals surface area contributed by atoms with E-state index in [0.29, 0.717) is 0 Å². The van der Waals surface area contributed by atoms with Gasteiger partial charge in [0.1, 0.15) is 6.17 Å². The van der Waals surface area contributed by atoms with Crippen molar-refractivity contribution >= 4 is 15.9 Å². The van der Waals surface area contributed by atoms with Gasteiger partial charge in [0.15, 0.2) is 0 Å². The molecule has 1 aliphatic rings. The summed E-state index contributed by atoms with van der Waals surface area (Å²) in [6, 6.07) is 7.49. The zero-order valence-corrected chi connectivity index (χ0v) is 9.43. The van der Waals surface area contributed by atoms with Crippen LogP contribution in [-0.2, 0) is 0 Å². The van der Waals surface area contributed by atoms with E-state index in [1.165, 1.54) is 0 Å². The van der Waals surface area contributed by atoms with E-state index in [9.17, 15) is 4.39 Å². The minimum atomic E-state index is -0.821. The van der Waals surface area contributed by atoms with Crippen molar-refractivity contribution in [1.29, 1.82) is 0 Å². The summed E-state index contributed by atoms with van der Waals surface area (Å²) in [6.45, 7) is 1.75. The summed E-state index contributed by atoms with van der Waals surface area (Å²) in [7, 11) is 0. The van der Waals surface area contributed by atoms with Crippen LogP contribution in [0.1, 0.15) is 18.2 Å². The van der Waals surface area contributed by atoms with Crippen LogP contribution in [-0.4, -0.2) is 13.1 Å². The maximum atomic E-state index is 13.9. The van der Waals surface area contributed by atoms with Crippen molar-refractivity contribution in [3.8, 4) is 0 Å². The second-order valence-electron chi connectivity index (χ2n) is 3.71. The highest BCUT2D eigenvalue weighted by molar-refractivity contribution is 9.10. The summed E-state index contributed by atoms with van der Waals surface area (Å²) in [6.07, 6.45) is 0.120. The van der Waals surface area contributed by atoms with E-state index in [2.05, 4.69) is 21.2 Å². The van der Waals surface area contributed by atoms with E-state index < -0.39 is 6.17 Å². The number of hydrogen-bond acceptors (Lipinski definition) is 1. The second-order valence-corrected chi connectivity index (χ2v) is 4.62. The third-order valence-corrected chi connectivity index (χ3v) is 3.23. The van der Waals surface area contributed by atoms with E-state index in [-0.39, 0.29) is 5.92 Å². The minimum absolute atomic E-state index is 0.149. The van der Waals surface area contributed by atoms with Gasteiger partial charge in [-0.1, -0.05) is 28.1 Å². The molecular weight excluding hydrogens is 245 g/mol. The van der Waals surface area contributed by atoms with E-state index in [1.54, 1.807) is 0 Å². The zero-order valence-electron chi connectivity index (χ0n) is 7.84. The van der Waals surface area contributed by atoms with Crippen molar-refractivity contribution in [1.82, 2.24) is 5.32 Å². The third-order valence-electron chi connectivity index (χ3n) is 2.70. The number of halogens is 2. The van der Waals surface area contributed by atoms with Gasteiger partial charge >= 0.3 is 0 Å². The summed E-state index contributed by atoms with van der Waals surface area (Å²) in [5.74, 6) is 0.149. The molecule has 1 heterocycles. The molecule has 0 aromatic heterocycles. The van der Waals surface area contributed by atoms with Crippen LogP contribution in [0.25, 0.3) is 0 Å². The molecule has 1 N–H and O–H groups in total. The van der Waals surface area contributed by atoms with Crippen molar-refractivity contribution in [3.63, 3.8) is 0 Å². The van der Waals surface area contributed by atoms with Gasteiger partial charge < -0.3 is 5.32 Å². The number of rotatable bonds is 2. The molecule has 1 aliphatic heterocycles. The van der Waals surface area contributed by atoms with E-state index in [1.807, 2.05) is 24.3 Å². The smallest absolute Gasteiger partial charge is 0.129 e. The molecule has 0 radical (unpaired) electrons. The quantitative estimate of drug-likeness (QED) is 0.859. The first-order valence-corrected chi connectivity index (χ1v) is 5.67. The molecule has 1 fully saturated rings. The molecule has 1 saturated heterocycles. The SMILES string of the molecule is FC(c1ccc(Br)cc1)C1CCNC1. The minimum Gasteiger partial charge on any atom is -0.316 e. The predicted octanol–water partition coefficient (Wildman–Crippen LogP) is 3.07. The van der Waals surface area contributed by atoms with Gasteiger partial charge in [0.2, 0.25) is 0 Å². The summed E-state index contributed by atoms with van der Waals surface area (Å²) in [5, 5.41) is 3.19. The first kappa shape index (κ1) is 10.1. The molecule has 0 saturated carbocycles. The molecule has 0 bridgehead atoms. The lowest BCUT2D eigenvalue weighted by Crippen LogP contribution is -2.13. The highest BCUT2D eigenvalue weighted by atomic mass is 79.9. The van der Waals surface area contributed by atoms with Gasteiger partial charge in [-0.2, -0.15) is 0 Å². The van der Waals surface area contributed by atoms with Crippen LogP contribution in [0.2, 0.25) is 0 Å². The molecule has 2 atom stereocenters. The van der Waals surface area contributed by atoms with Gasteiger partial charge in [-0.3, -0.25) is 0 Å². The van der Waals surface area contributed by atoms with Gasteiger partial charge in [-0.25, -0.2) is 4.39 Å². The molecule has 3 heteroatoms. The molecule has 1 aromatic carbocycles. The molecular formula is C11H13BrFN. The van der Waals surface area contributed by atoms with Gasteiger partial charge in [-0.05, 0) is 30.7 Å². The van der Waals surface area contributed by atoms with Crippen molar-refractivity contribution < 1.29 is 4.39 Å². The Hall–Kier alpha value is -0.410. The summed E-state index contributed by atoms with van der Waals surface area (Å²) >= 11 is 3.34. The number of alkyl halides is 1. The van der Waals surface area contributed by atoms with E-state index in [4.69, 9.17) is 0 Å². The van der Waals surface area contributed by atoms with Crippen LogP contribution in [0.3, 0.4) is 0 Å². The second kappa shape index (κ2) is 4.41. The van der Waals surface area contributed by atoms with Crippen LogP contribution in [0.15, 0.2) is 28.7 Å². The average molecular weight is 258 g/mol. The van der Waals surface area contributed by atoms with Crippen LogP contribution < -0.4 is 5.32 Å². The molecule has 1 aromatic rings. The Morgan fingerprint density at radius 3 is 2.64 bits per heavy atom. The zero-order chi connectivity index (χ0) is 9.97. The van der Waals surface area contributed by atoms with E-state index in [0.717, 1.165) is 29.5 Å². The van der Waals surface area contributed by atoms with Crippen LogP contribution in [0, 0.1) is 5.92 Å². The molecule has 14 heavy (non-hydrogen) atoms. The van der Waals surface area contributed by atoms with Crippen LogP contribution in [0.4, 0.5) is 4.39 Å². The van der Waals surface area contributed by atoms with Crippen LogP contribution in [0.5, 0.6) is 0 Å². The maximum absolute atomic E-state index is 13.9. The number of nitrogens with one attached hydrogen (secondary N) is 1. The number of benzene rings is 1. The fourth-order valence-corrected chi connectivity index (χ4v) is 2.11. The molecule has 1 nitrogen and oxygen atoms in total. The fourth-order valence-electron chi connectivity index (χ4n) is 1.85. The predicted molar refractivity (Wildman–Crippen MR) is 59.0 cm³/mol. The lowest BCUT2D eigenvalue weighted by atomic mass is 9.96. The molecule has 76 valence electrons. The molecule has 2 unspecified atom stereocenters. The molecule has 2 rings (SSSR count). The monoisotopic (exact) mass is 257 g/mol. The van der Waals surface area contributed by atoms with Crippen molar-refractivity contribution in [2.24, 2.45) is 5.92 Å². The van der Waals surface area contributed by atoms with Gasteiger partial charge in [-0.15, -0.1) is 0 Å². The standard InChI is InChI=1S/C11H13BrFN/c12-10-3-1-8(2-4-10)11(13)9-5-6-14-7-9/h1-4,9,11,14H,5-7H2. The van der Waals surface area contributed by atoms with Crippen LogP contribution >= 0.6 is 15.9 Å². The largest absolute Gasteiger partial charge is 0.316 e. The highest BCUT2D eigenvalue weighted by Gasteiger charge is 2.25. The lowest BCUT2D eigenvalue weighted by Gasteiger charge is -2.14. The normalized spacial score (nSPS) is 23.7. The van der Waals surface area contributed by atoms with Crippen molar-refractivity contribution in [2.75, 3.05) is 13.1 Å². The molecule has 0 amide bonds. The van der Waals surface area contributed by atoms with Gasteiger partial charge in [0, 0.05) is 16.9 Å². The Kier molecular flexibility index (Phi) is 3.19. The fraction of sp³-hybridized carbons (Fsp3) is 0.455. The topological polar surface area (TPSA) is 12.0 Å². The Balaban J connectivity index is 2.09. The maximum Gasteiger partial charge on any atom is 0.129 e.